The summed E-state index contributed by atoms with van der Waals surface area (Å²) in [5, 5.41) is 18.3. The smallest absolute Gasteiger partial charge is 0.333 e. The van der Waals surface area contributed by atoms with E-state index in [9.17, 15) is 14.9 Å². The van der Waals surface area contributed by atoms with E-state index in [-0.39, 0.29) is 24.2 Å². The van der Waals surface area contributed by atoms with Gasteiger partial charge in [-0.2, -0.15) is 5.10 Å². The number of carbonyl (C=O) groups excluding carboxylic acids is 1. The lowest BCUT2D eigenvalue weighted by molar-refractivity contribution is -0.384. The van der Waals surface area contributed by atoms with Gasteiger partial charge in [-0.05, 0) is 33.6 Å². The van der Waals surface area contributed by atoms with E-state index >= 15 is 0 Å². The summed E-state index contributed by atoms with van der Waals surface area (Å²) in [7, 11) is 0. The Labute approximate surface area is 123 Å². The van der Waals surface area contributed by atoms with E-state index in [1.807, 2.05) is 13.8 Å². The molecule has 2 rings (SSSR count). The zero-order chi connectivity index (χ0) is 15.6. The Morgan fingerprint density at radius 3 is 2.57 bits per heavy atom. The monoisotopic (exact) mass is 295 g/mol. The second-order valence-corrected chi connectivity index (χ2v) is 5.52. The van der Waals surface area contributed by atoms with Gasteiger partial charge in [0, 0.05) is 19.1 Å². The maximum Gasteiger partial charge on any atom is 0.333 e. The van der Waals surface area contributed by atoms with Gasteiger partial charge in [0.1, 0.15) is 5.69 Å². The summed E-state index contributed by atoms with van der Waals surface area (Å²) < 4.78 is 1.56. The third-order valence-electron chi connectivity index (χ3n) is 3.59. The fourth-order valence-corrected chi connectivity index (χ4v) is 2.53. The SMILES string of the molecule is Cc1nn(C(C)C)c(NCC(=O)N2CCCC2)c1[N+](=O)[O-]. The van der Waals surface area contributed by atoms with Gasteiger partial charge in [-0.1, -0.05) is 0 Å². The Kier molecular flexibility index (Phi) is 4.44. The number of anilines is 1. The summed E-state index contributed by atoms with van der Waals surface area (Å²) in [5.41, 5.74) is 0.294. The Morgan fingerprint density at radius 2 is 2.05 bits per heavy atom. The highest BCUT2D eigenvalue weighted by Crippen LogP contribution is 2.30. The van der Waals surface area contributed by atoms with Crippen LogP contribution in [0.1, 0.15) is 38.4 Å². The van der Waals surface area contributed by atoms with Gasteiger partial charge in [-0.15, -0.1) is 0 Å². The minimum atomic E-state index is -0.454. The number of amides is 1. The zero-order valence-corrected chi connectivity index (χ0v) is 12.6. The molecule has 1 aliphatic rings. The number of nitro groups is 1. The molecule has 1 amide bonds. The van der Waals surface area contributed by atoms with Crippen LogP contribution in [0.4, 0.5) is 11.5 Å². The minimum Gasteiger partial charge on any atom is -0.355 e. The van der Waals surface area contributed by atoms with Crippen molar-refractivity contribution in [1.29, 1.82) is 0 Å². The lowest BCUT2D eigenvalue weighted by Gasteiger charge is -2.17. The molecule has 1 aromatic rings. The molecule has 8 heteroatoms. The fourth-order valence-electron chi connectivity index (χ4n) is 2.53. The Hall–Kier alpha value is -2.12. The lowest BCUT2D eigenvalue weighted by Crippen LogP contribution is -2.33. The van der Waals surface area contributed by atoms with E-state index in [0.29, 0.717) is 11.5 Å². The van der Waals surface area contributed by atoms with E-state index in [1.165, 1.54) is 0 Å². The van der Waals surface area contributed by atoms with Crippen LogP contribution in [0, 0.1) is 17.0 Å². The summed E-state index contributed by atoms with van der Waals surface area (Å²) in [6.45, 7) is 6.98. The van der Waals surface area contributed by atoms with Crippen molar-refractivity contribution >= 4 is 17.4 Å². The van der Waals surface area contributed by atoms with Crippen LogP contribution in [-0.4, -0.2) is 45.1 Å². The van der Waals surface area contributed by atoms with E-state index in [4.69, 9.17) is 0 Å². The number of hydrogen-bond acceptors (Lipinski definition) is 5. The molecule has 1 N–H and O–H groups in total. The highest BCUT2D eigenvalue weighted by Gasteiger charge is 2.27. The Bertz CT molecular complexity index is 546. The molecule has 0 bridgehead atoms. The van der Waals surface area contributed by atoms with Crippen molar-refractivity contribution in [2.24, 2.45) is 0 Å². The molecule has 21 heavy (non-hydrogen) atoms. The number of aromatic nitrogens is 2. The molecule has 0 radical (unpaired) electrons. The molecule has 0 unspecified atom stereocenters. The predicted molar refractivity (Wildman–Crippen MR) is 78.3 cm³/mol. The van der Waals surface area contributed by atoms with Crippen LogP contribution < -0.4 is 5.32 Å². The van der Waals surface area contributed by atoms with Gasteiger partial charge in [0.15, 0.2) is 0 Å². The molecule has 2 heterocycles. The van der Waals surface area contributed by atoms with Crippen LogP contribution in [0.3, 0.4) is 0 Å². The first kappa shape index (κ1) is 15.3. The molecule has 1 fully saturated rings. The zero-order valence-electron chi connectivity index (χ0n) is 12.6. The molecule has 1 aromatic heterocycles. The van der Waals surface area contributed by atoms with Gasteiger partial charge < -0.3 is 10.2 Å². The van der Waals surface area contributed by atoms with E-state index in [1.54, 1.807) is 16.5 Å². The van der Waals surface area contributed by atoms with E-state index in [2.05, 4.69) is 10.4 Å². The van der Waals surface area contributed by atoms with Gasteiger partial charge in [0.2, 0.25) is 11.7 Å². The Balaban J connectivity index is 2.17. The van der Waals surface area contributed by atoms with Gasteiger partial charge in [-0.3, -0.25) is 14.9 Å². The molecule has 0 atom stereocenters. The van der Waals surface area contributed by atoms with Gasteiger partial charge in [0.05, 0.1) is 11.5 Å². The standard InChI is InChI=1S/C13H21N5O3/c1-9(2)17-13(12(18(20)21)10(3)15-17)14-8-11(19)16-6-4-5-7-16/h9,14H,4-8H2,1-3H3. The first-order chi connectivity index (χ1) is 9.91. The van der Waals surface area contributed by atoms with Crippen molar-refractivity contribution in [3.05, 3.63) is 15.8 Å². The molecular weight excluding hydrogens is 274 g/mol. The number of rotatable bonds is 5. The molecule has 0 spiro atoms. The second-order valence-electron chi connectivity index (χ2n) is 5.52. The number of likely N-dealkylation sites (tertiary alicyclic amines) is 1. The van der Waals surface area contributed by atoms with Crippen LogP contribution in [0.5, 0.6) is 0 Å². The molecule has 8 nitrogen and oxygen atoms in total. The largest absolute Gasteiger partial charge is 0.355 e. The highest BCUT2D eigenvalue weighted by atomic mass is 16.6. The van der Waals surface area contributed by atoms with Crippen LogP contribution in [0.2, 0.25) is 0 Å². The van der Waals surface area contributed by atoms with Crippen molar-refractivity contribution < 1.29 is 9.72 Å². The molecule has 116 valence electrons. The summed E-state index contributed by atoms with van der Waals surface area (Å²) in [5.74, 6) is 0.274. The molecular formula is C13H21N5O3. The number of carbonyl (C=O) groups is 1. The maximum absolute atomic E-state index is 12.1. The van der Waals surface area contributed by atoms with Gasteiger partial charge in [-0.25, -0.2) is 4.68 Å². The third kappa shape index (κ3) is 3.14. The molecule has 0 saturated carbocycles. The van der Waals surface area contributed by atoms with Crippen LogP contribution in [0.15, 0.2) is 0 Å². The van der Waals surface area contributed by atoms with Gasteiger partial charge >= 0.3 is 5.69 Å². The number of hydrogen-bond donors (Lipinski definition) is 1. The van der Waals surface area contributed by atoms with Gasteiger partial charge in [0.25, 0.3) is 0 Å². The van der Waals surface area contributed by atoms with Crippen LogP contribution >= 0.6 is 0 Å². The highest BCUT2D eigenvalue weighted by molar-refractivity contribution is 5.81. The molecule has 0 aliphatic carbocycles. The quantitative estimate of drug-likeness (QED) is 0.659. The average molecular weight is 295 g/mol. The maximum atomic E-state index is 12.1. The van der Waals surface area contributed by atoms with Crippen molar-refractivity contribution in [3.8, 4) is 0 Å². The number of nitrogens with one attached hydrogen (secondary N) is 1. The summed E-state index contributed by atoms with van der Waals surface area (Å²) in [6, 6.07) is -0.0261. The fraction of sp³-hybridized carbons (Fsp3) is 0.692. The summed E-state index contributed by atoms with van der Waals surface area (Å²) in [6.07, 6.45) is 2.05. The van der Waals surface area contributed by atoms with E-state index in [0.717, 1.165) is 25.9 Å². The third-order valence-corrected chi connectivity index (χ3v) is 3.59. The normalized spacial score (nSPS) is 14.8. The predicted octanol–water partition coefficient (Wildman–Crippen LogP) is 1.71. The average Bonchev–Trinajstić information content (AvgIpc) is 3.02. The first-order valence-corrected chi connectivity index (χ1v) is 7.17. The molecule has 1 saturated heterocycles. The minimum absolute atomic E-state index is 0.0261. The van der Waals surface area contributed by atoms with Crippen LogP contribution in [0.25, 0.3) is 0 Å². The Morgan fingerprint density at radius 1 is 1.43 bits per heavy atom. The first-order valence-electron chi connectivity index (χ1n) is 7.17. The number of nitrogens with zero attached hydrogens (tertiary/aromatic N) is 4. The van der Waals surface area contributed by atoms with Crippen molar-refractivity contribution in [2.45, 2.75) is 39.7 Å². The van der Waals surface area contributed by atoms with Crippen molar-refractivity contribution in [2.75, 3.05) is 25.0 Å². The lowest BCUT2D eigenvalue weighted by atomic mass is 10.3. The number of aryl methyl sites for hydroxylation is 1. The summed E-state index contributed by atoms with van der Waals surface area (Å²) >= 11 is 0. The van der Waals surface area contributed by atoms with E-state index < -0.39 is 4.92 Å². The molecule has 0 aromatic carbocycles. The second kappa shape index (κ2) is 6.11. The summed E-state index contributed by atoms with van der Waals surface area (Å²) in [4.78, 5) is 24.6. The molecule has 1 aliphatic heterocycles. The van der Waals surface area contributed by atoms with Crippen molar-refractivity contribution in [3.63, 3.8) is 0 Å². The van der Waals surface area contributed by atoms with Crippen LogP contribution in [-0.2, 0) is 4.79 Å². The van der Waals surface area contributed by atoms with Crippen molar-refractivity contribution in [1.82, 2.24) is 14.7 Å². The topological polar surface area (TPSA) is 93.3 Å².